The standard InChI is InChI=1S/C27H38N4O6S2/c1-18-15-31(19(2)17-32)26(33)21-11-7-12-22(29-27(34)28-20-9-5-4-6-10-20)25(21)37-23(18)16-30(3)39(35,36)24-13-8-14-38-24/h7-8,11-14,18-20,23,32H,4-6,9-10,15-17H2,1-3H3,(H2,28,29,34). The Kier molecular flexibility index (Phi) is 9.52. The Morgan fingerprint density at radius 1 is 1.23 bits per heavy atom. The lowest BCUT2D eigenvalue weighted by atomic mass is 9.96. The molecule has 1 aliphatic carbocycles. The Morgan fingerprint density at radius 2 is 1.97 bits per heavy atom. The van der Waals surface area contributed by atoms with Crippen LogP contribution in [0.1, 0.15) is 56.3 Å². The lowest BCUT2D eigenvalue weighted by molar-refractivity contribution is 0.0389. The highest BCUT2D eigenvalue weighted by Crippen LogP contribution is 2.35. The summed E-state index contributed by atoms with van der Waals surface area (Å²) in [4.78, 5) is 28.1. The van der Waals surface area contributed by atoms with E-state index in [-0.39, 0.29) is 59.1 Å². The number of para-hydroxylation sites is 1. The number of nitrogens with one attached hydrogen (secondary N) is 2. The number of hydrogen-bond acceptors (Lipinski definition) is 7. The number of anilines is 1. The predicted octanol–water partition coefficient (Wildman–Crippen LogP) is 3.74. The third-order valence-electron chi connectivity index (χ3n) is 7.48. The van der Waals surface area contributed by atoms with Crippen molar-refractivity contribution in [1.29, 1.82) is 0 Å². The summed E-state index contributed by atoms with van der Waals surface area (Å²) in [6.45, 7) is 3.70. The minimum Gasteiger partial charge on any atom is -0.486 e. The van der Waals surface area contributed by atoms with Crippen LogP contribution in [-0.2, 0) is 10.0 Å². The quantitative estimate of drug-likeness (QED) is 0.438. The molecule has 3 amide bonds. The van der Waals surface area contributed by atoms with Crippen LogP contribution >= 0.6 is 11.3 Å². The fraction of sp³-hybridized carbons (Fsp3) is 0.556. The van der Waals surface area contributed by atoms with Gasteiger partial charge in [0.05, 0.1) is 30.4 Å². The summed E-state index contributed by atoms with van der Waals surface area (Å²) in [5, 5.41) is 17.5. The second kappa shape index (κ2) is 12.7. The Bertz CT molecular complexity index is 1250. The van der Waals surface area contributed by atoms with Crippen LogP contribution in [0.5, 0.6) is 5.75 Å². The molecule has 0 bridgehead atoms. The van der Waals surface area contributed by atoms with Gasteiger partial charge in [-0.1, -0.05) is 38.3 Å². The molecule has 1 fully saturated rings. The molecule has 1 aromatic carbocycles. The smallest absolute Gasteiger partial charge is 0.319 e. The van der Waals surface area contributed by atoms with Crippen molar-refractivity contribution in [2.75, 3.05) is 32.1 Å². The number of sulfonamides is 1. The summed E-state index contributed by atoms with van der Waals surface area (Å²) in [5.41, 5.74) is 0.570. The van der Waals surface area contributed by atoms with Crippen molar-refractivity contribution >= 4 is 39.0 Å². The van der Waals surface area contributed by atoms with Gasteiger partial charge in [-0.05, 0) is 43.3 Å². The molecule has 1 aliphatic heterocycles. The van der Waals surface area contributed by atoms with E-state index in [1.54, 1.807) is 47.5 Å². The van der Waals surface area contributed by atoms with E-state index in [2.05, 4.69) is 10.6 Å². The SMILES string of the molecule is CC1CN(C(C)CO)C(=O)c2cccc(NC(=O)NC3CCCCC3)c2OC1CN(C)S(=O)(=O)c1cccs1. The summed E-state index contributed by atoms with van der Waals surface area (Å²) in [6.07, 6.45) is 4.52. The zero-order valence-electron chi connectivity index (χ0n) is 22.6. The van der Waals surface area contributed by atoms with Crippen LogP contribution in [0.15, 0.2) is 39.9 Å². The third-order valence-corrected chi connectivity index (χ3v) is 10.7. The number of fused-ring (bicyclic) bond motifs is 1. The van der Waals surface area contributed by atoms with Gasteiger partial charge in [0.15, 0.2) is 5.75 Å². The maximum absolute atomic E-state index is 13.6. The Morgan fingerprint density at radius 3 is 2.64 bits per heavy atom. The topological polar surface area (TPSA) is 128 Å². The monoisotopic (exact) mass is 578 g/mol. The lowest BCUT2D eigenvalue weighted by Gasteiger charge is -2.38. The minimum atomic E-state index is -3.74. The van der Waals surface area contributed by atoms with Crippen LogP contribution in [0.25, 0.3) is 0 Å². The van der Waals surface area contributed by atoms with Gasteiger partial charge in [0.2, 0.25) is 0 Å². The van der Waals surface area contributed by atoms with Crippen molar-refractivity contribution in [1.82, 2.24) is 14.5 Å². The van der Waals surface area contributed by atoms with Crippen LogP contribution in [0.3, 0.4) is 0 Å². The van der Waals surface area contributed by atoms with E-state index in [1.807, 2.05) is 6.92 Å². The maximum Gasteiger partial charge on any atom is 0.319 e. The number of aliphatic hydroxyl groups is 1. The largest absolute Gasteiger partial charge is 0.486 e. The van der Waals surface area contributed by atoms with Crippen LogP contribution < -0.4 is 15.4 Å². The van der Waals surface area contributed by atoms with Gasteiger partial charge in [-0.15, -0.1) is 11.3 Å². The highest BCUT2D eigenvalue weighted by Gasteiger charge is 2.36. The summed E-state index contributed by atoms with van der Waals surface area (Å²) in [6, 6.07) is 7.46. The molecule has 1 aromatic heterocycles. The average Bonchev–Trinajstić information content (AvgIpc) is 3.47. The Labute approximate surface area is 234 Å². The van der Waals surface area contributed by atoms with Gasteiger partial charge in [-0.3, -0.25) is 4.79 Å². The van der Waals surface area contributed by atoms with E-state index in [1.165, 1.54) is 17.8 Å². The molecule has 3 unspecified atom stereocenters. The first-order chi connectivity index (χ1) is 18.6. The number of urea groups is 1. The van der Waals surface area contributed by atoms with Gasteiger partial charge >= 0.3 is 6.03 Å². The van der Waals surface area contributed by atoms with Crippen molar-refractivity contribution in [3.63, 3.8) is 0 Å². The highest BCUT2D eigenvalue weighted by atomic mass is 32.2. The van der Waals surface area contributed by atoms with Crippen molar-refractivity contribution in [3.05, 3.63) is 41.3 Å². The molecule has 2 aliphatic rings. The summed E-state index contributed by atoms with van der Waals surface area (Å²) < 4.78 is 34.2. The fourth-order valence-corrected chi connectivity index (χ4v) is 7.45. The van der Waals surface area contributed by atoms with Crippen LogP contribution in [0.2, 0.25) is 0 Å². The van der Waals surface area contributed by atoms with Gasteiger partial charge in [-0.25, -0.2) is 13.2 Å². The molecule has 12 heteroatoms. The van der Waals surface area contributed by atoms with E-state index < -0.39 is 22.2 Å². The number of nitrogens with zero attached hydrogens (tertiary/aromatic N) is 2. The number of aliphatic hydroxyl groups excluding tert-OH is 1. The number of thiophene rings is 1. The molecule has 39 heavy (non-hydrogen) atoms. The van der Waals surface area contributed by atoms with Crippen molar-refractivity contribution < 1.29 is 27.9 Å². The van der Waals surface area contributed by atoms with E-state index in [9.17, 15) is 23.1 Å². The molecule has 0 saturated heterocycles. The second-order valence-electron chi connectivity index (χ2n) is 10.5. The molecule has 10 nitrogen and oxygen atoms in total. The molecule has 4 rings (SSSR count). The first kappa shape index (κ1) is 29.3. The van der Waals surface area contributed by atoms with E-state index in [0.717, 1.165) is 37.0 Å². The van der Waals surface area contributed by atoms with E-state index in [4.69, 9.17) is 4.74 Å². The van der Waals surface area contributed by atoms with Gasteiger partial charge in [0.25, 0.3) is 15.9 Å². The number of carbonyl (C=O) groups excluding carboxylic acids is 2. The average molecular weight is 579 g/mol. The number of likely N-dealkylation sites (N-methyl/N-ethyl adjacent to an activating group) is 1. The molecule has 0 spiro atoms. The molecule has 2 heterocycles. The lowest BCUT2D eigenvalue weighted by Crippen LogP contribution is -2.50. The molecule has 214 valence electrons. The number of rotatable bonds is 8. The third kappa shape index (κ3) is 6.74. The van der Waals surface area contributed by atoms with Gasteiger partial charge in [-0.2, -0.15) is 4.31 Å². The van der Waals surface area contributed by atoms with Crippen LogP contribution in [0, 0.1) is 5.92 Å². The van der Waals surface area contributed by atoms with Gasteiger partial charge in [0.1, 0.15) is 10.3 Å². The maximum atomic E-state index is 13.6. The minimum absolute atomic E-state index is 0.0268. The molecular formula is C27H38N4O6S2. The fourth-order valence-electron chi connectivity index (χ4n) is 5.07. The predicted molar refractivity (Wildman–Crippen MR) is 151 cm³/mol. The van der Waals surface area contributed by atoms with Gasteiger partial charge in [0, 0.05) is 25.6 Å². The first-order valence-electron chi connectivity index (χ1n) is 13.4. The van der Waals surface area contributed by atoms with Crippen molar-refractivity contribution in [2.24, 2.45) is 5.92 Å². The Hall–Kier alpha value is -2.67. The first-order valence-corrected chi connectivity index (χ1v) is 15.7. The van der Waals surface area contributed by atoms with Crippen LogP contribution in [0.4, 0.5) is 10.5 Å². The van der Waals surface area contributed by atoms with E-state index >= 15 is 0 Å². The zero-order valence-corrected chi connectivity index (χ0v) is 24.3. The number of hydrogen-bond donors (Lipinski definition) is 3. The molecule has 3 atom stereocenters. The number of ether oxygens (including phenoxy) is 1. The van der Waals surface area contributed by atoms with Gasteiger partial charge < -0.3 is 25.4 Å². The molecule has 3 N–H and O–H groups in total. The molecule has 2 aromatic rings. The van der Waals surface area contributed by atoms with Crippen molar-refractivity contribution in [3.8, 4) is 5.75 Å². The Balaban J connectivity index is 1.65. The zero-order chi connectivity index (χ0) is 28.2. The number of amides is 3. The van der Waals surface area contributed by atoms with E-state index in [0.29, 0.717) is 5.69 Å². The number of benzene rings is 1. The number of carbonyl (C=O) groups is 2. The molecule has 0 radical (unpaired) electrons. The normalized spacial score (nSPS) is 21.5. The summed E-state index contributed by atoms with van der Waals surface area (Å²) in [7, 11) is -2.23. The summed E-state index contributed by atoms with van der Waals surface area (Å²) in [5.74, 6) is -0.427. The van der Waals surface area contributed by atoms with Crippen LogP contribution in [-0.4, -0.2) is 79.6 Å². The van der Waals surface area contributed by atoms with Crippen molar-refractivity contribution in [2.45, 2.75) is 68.3 Å². The second-order valence-corrected chi connectivity index (χ2v) is 13.7. The summed E-state index contributed by atoms with van der Waals surface area (Å²) >= 11 is 1.14. The highest BCUT2D eigenvalue weighted by molar-refractivity contribution is 7.91. The molecular weight excluding hydrogens is 540 g/mol. The molecule has 1 saturated carbocycles.